The van der Waals surface area contributed by atoms with Gasteiger partial charge in [-0.25, -0.2) is 9.37 Å². The number of fused-ring (bicyclic) bond motifs is 1. The number of nitrogens with one attached hydrogen (secondary N) is 2. The van der Waals surface area contributed by atoms with E-state index >= 15 is 0 Å². The summed E-state index contributed by atoms with van der Waals surface area (Å²) in [6.45, 7) is 1.69. The zero-order valence-electron chi connectivity index (χ0n) is 28.3. The molecule has 2 aliphatic rings. The molecule has 1 aliphatic heterocycles. The minimum atomic E-state index is -1.58. The number of aliphatic hydroxyl groups excluding tert-OH is 1. The van der Waals surface area contributed by atoms with Gasteiger partial charge in [-0.15, -0.1) is 11.6 Å². The number of nitrogens with zero attached hydrogens (tertiary/aromatic N) is 5. The van der Waals surface area contributed by atoms with Crippen molar-refractivity contribution in [3.63, 3.8) is 0 Å². The van der Waals surface area contributed by atoms with E-state index < -0.39 is 29.1 Å². The maximum absolute atomic E-state index is 14.6. The molecule has 2 unspecified atom stereocenters. The zero-order valence-corrected chi connectivity index (χ0v) is 29.8. The van der Waals surface area contributed by atoms with E-state index in [0.717, 1.165) is 5.56 Å². The molecule has 0 spiro atoms. The number of pyridine rings is 1. The molecule has 1 saturated heterocycles. The second-order valence-electron chi connectivity index (χ2n) is 12.8. The van der Waals surface area contributed by atoms with E-state index in [2.05, 4.69) is 32.7 Å². The summed E-state index contributed by atoms with van der Waals surface area (Å²) in [5.74, 6) is -0.141. The Morgan fingerprint density at radius 2 is 2.02 bits per heavy atom. The molecule has 268 valence electrons. The van der Waals surface area contributed by atoms with Crippen LogP contribution in [0.5, 0.6) is 5.75 Å². The van der Waals surface area contributed by atoms with Crippen LogP contribution in [0.4, 0.5) is 4.39 Å². The van der Waals surface area contributed by atoms with Gasteiger partial charge in [-0.1, -0.05) is 42.0 Å². The highest BCUT2D eigenvalue weighted by atomic mass is 35.5. The van der Waals surface area contributed by atoms with Crippen molar-refractivity contribution in [2.24, 2.45) is 0 Å². The quantitative estimate of drug-likeness (QED) is 0.117. The Kier molecular flexibility index (Phi) is 11.2. The summed E-state index contributed by atoms with van der Waals surface area (Å²) in [6.07, 6.45) is 7.52. The van der Waals surface area contributed by atoms with Crippen LogP contribution in [0.2, 0.25) is 5.02 Å². The standard InChI is InChI=1S/C38H36Cl2FN7O4/c1-51-32-18-31(45-21-26(32)20-44-13-5-12-42)35(50)47-38(9-4-7-28(34(38)40)27-6-2-3-8-29(27)39)36-46-30-17-24(16-25(19-43)33(30)52-36)22-48-14-10-37(41,23-49)11-15-48/h2-4,6-9,16-18,21,34,44,49H,5,10-11,13-15,20,22-23H2,1H3,(H,47,50). The average molecular weight is 745 g/mol. The molecular formula is C38H36Cl2FN7O4. The second kappa shape index (κ2) is 15.8. The summed E-state index contributed by atoms with van der Waals surface area (Å²) in [4.78, 5) is 25.4. The molecule has 2 aromatic carbocycles. The molecule has 6 rings (SSSR count). The number of likely N-dealkylation sites (tertiary alicyclic amines) is 1. The van der Waals surface area contributed by atoms with Crippen LogP contribution in [-0.4, -0.2) is 70.3 Å². The third-order valence-electron chi connectivity index (χ3n) is 9.40. The number of nitriles is 2. The molecule has 1 aliphatic carbocycles. The maximum Gasteiger partial charge on any atom is 0.271 e. The van der Waals surface area contributed by atoms with Gasteiger partial charge in [-0.05, 0) is 53.8 Å². The highest BCUT2D eigenvalue weighted by Gasteiger charge is 2.47. The monoisotopic (exact) mass is 743 g/mol. The van der Waals surface area contributed by atoms with Gasteiger partial charge in [0.05, 0.1) is 30.7 Å². The number of ether oxygens (including phenoxy) is 1. The molecule has 11 nitrogen and oxygen atoms in total. The number of carbonyl (C=O) groups excluding carboxylic acids is 1. The lowest BCUT2D eigenvalue weighted by atomic mass is 9.82. The van der Waals surface area contributed by atoms with Crippen molar-refractivity contribution in [1.29, 1.82) is 10.5 Å². The first-order chi connectivity index (χ1) is 25.1. The Balaban J connectivity index is 1.37. The smallest absolute Gasteiger partial charge is 0.271 e. The molecule has 4 aromatic rings. The van der Waals surface area contributed by atoms with E-state index in [1.165, 1.54) is 19.4 Å². The van der Waals surface area contributed by atoms with Crippen molar-refractivity contribution < 1.29 is 23.4 Å². The molecule has 0 radical (unpaired) electrons. The van der Waals surface area contributed by atoms with Crippen LogP contribution in [0.1, 0.15) is 57.9 Å². The number of benzene rings is 2. The molecule has 14 heteroatoms. The number of piperidine rings is 1. The molecule has 2 atom stereocenters. The van der Waals surface area contributed by atoms with E-state index in [9.17, 15) is 19.6 Å². The molecule has 52 heavy (non-hydrogen) atoms. The normalized spacial score (nSPS) is 19.8. The van der Waals surface area contributed by atoms with Crippen molar-refractivity contribution in [3.8, 4) is 17.9 Å². The summed E-state index contributed by atoms with van der Waals surface area (Å²) < 4.78 is 26.6. The van der Waals surface area contributed by atoms with Gasteiger partial charge in [-0.2, -0.15) is 10.5 Å². The lowest BCUT2D eigenvalue weighted by molar-refractivity contribution is 0.00675. The van der Waals surface area contributed by atoms with Gasteiger partial charge >= 0.3 is 0 Å². The molecule has 0 bridgehead atoms. The first-order valence-corrected chi connectivity index (χ1v) is 17.5. The van der Waals surface area contributed by atoms with Crippen LogP contribution in [0.15, 0.2) is 71.3 Å². The summed E-state index contributed by atoms with van der Waals surface area (Å²) >= 11 is 14.0. The number of rotatable bonds is 12. The third kappa shape index (κ3) is 7.54. The van der Waals surface area contributed by atoms with Gasteiger partial charge < -0.3 is 24.9 Å². The number of oxazole rings is 1. The number of amides is 1. The Bertz CT molecular complexity index is 2120. The Morgan fingerprint density at radius 3 is 2.73 bits per heavy atom. The van der Waals surface area contributed by atoms with Crippen LogP contribution in [-0.2, 0) is 18.6 Å². The Hall–Kier alpha value is -4.82. The number of allylic oxidation sites excluding steroid dienone is 2. The van der Waals surface area contributed by atoms with Gasteiger partial charge in [0.25, 0.3) is 5.91 Å². The van der Waals surface area contributed by atoms with Gasteiger partial charge in [0.15, 0.2) is 11.1 Å². The highest BCUT2D eigenvalue weighted by Crippen LogP contribution is 2.44. The summed E-state index contributed by atoms with van der Waals surface area (Å²) in [6, 6.07) is 16.5. The fourth-order valence-electron chi connectivity index (χ4n) is 6.48. The van der Waals surface area contributed by atoms with Gasteiger partial charge in [0.2, 0.25) is 5.89 Å². The Morgan fingerprint density at radius 1 is 1.23 bits per heavy atom. The van der Waals surface area contributed by atoms with Crippen molar-refractivity contribution in [2.45, 2.75) is 48.9 Å². The highest BCUT2D eigenvalue weighted by molar-refractivity contribution is 6.34. The summed E-state index contributed by atoms with van der Waals surface area (Å²) in [5, 5.41) is 34.1. The van der Waals surface area contributed by atoms with E-state index in [0.29, 0.717) is 72.1 Å². The van der Waals surface area contributed by atoms with Crippen LogP contribution in [0, 0.1) is 22.7 Å². The number of aliphatic hydroxyl groups is 1. The number of aromatic nitrogens is 2. The van der Waals surface area contributed by atoms with Crippen molar-refractivity contribution >= 4 is 45.8 Å². The average Bonchev–Trinajstić information content (AvgIpc) is 3.60. The van der Waals surface area contributed by atoms with Gasteiger partial charge in [0, 0.05) is 62.0 Å². The van der Waals surface area contributed by atoms with Crippen LogP contribution >= 0.6 is 23.2 Å². The lowest BCUT2D eigenvalue weighted by Gasteiger charge is -2.36. The predicted octanol–water partition coefficient (Wildman–Crippen LogP) is 5.94. The van der Waals surface area contributed by atoms with Gasteiger partial charge in [-0.3, -0.25) is 14.7 Å². The van der Waals surface area contributed by atoms with E-state index in [4.69, 9.17) is 42.6 Å². The number of carbonyl (C=O) groups is 1. The van der Waals surface area contributed by atoms with Crippen LogP contribution in [0.25, 0.3) is 16.7 Å². The number of hydrogen-bond donors (Lipinski definition) is 3. The van der Waals surface area contributed by atoms with Crippen molar-refractivity contribution in [2.75, 3.05) is 33.4 Å². The molecule has 1 fully saturated rings. The molecule has 3 heterocycles. The van der Waals surface area contributed by atoms with E-state index in [-0.39, 0.29) is 35.6 Å². The molecular weight excluding hydrogens is 708 g/mol. The first-order valence-electron chi connectivity index (χ1n) is 16.7. The van der Waals surface area contributed by atoms with Crippen LogP contribution < -0.4 is 15.4 Å². The van der Waals surface area contributed by atoms with Crippen LogP contribution in [0.3, 0.4) is 0 Å². The molecule has 2 aromatic heterocycles. The molecule has 1 amide bonds. The largest absolute Gasteiger partial charge is 0.496 e. The second-order valence-corrected chi connectivity index (χ2v) is 13.7. The van der Waals surface area contributed by atoms with Crippen molar-refractivity contribution in [1.82, 2.24) is 25.5 Å². The third-order valence-corrected chi connectivity index (χ3v) is 10.3. The predicted molar refractivity (Wildman–Crippen MR) is 194 cm³/mol. The number of halogens is 3. The summed E-state index contributed by atoms with van der Waals surface area (Å²) in [7, 11) is 1.49. The van der Waals surface area contributed by atoms with Crippen molar-refractivity contribution in [3.05, 3.63) is 106 Å². The number of alkyl halides is 2. The fourth-order valence-corrected chi connectivity index (χ4v) is 7.14. The minimum absolute atomic E-state index is 0.0341. The Labute approximate surface area is 310 Å². The van der Waals surface area contributed by atoms with E-state index in [1.807, 2.05) is 18.2 Å². The SMILES string of the molecule is COc1cc(C(=O)NC2(c3nc4cc(CN5CCC(F)(CO)CC5)cc(C#N)c4o3)C=CC=C(c3ccccc3Cl)C2Cl)ncc1CNCCC#N. The molecule has 0 saturated carbocycles. The minimum Gasteiger partial charge on any atom is -0.496 e. The fraction of sp³-hybridized carbons (Fsp3) is 0.342. The zero-order chi connectivity index (χ0) is 36.9. The van der Waals surface area contributed by atoms with Gasteiger partial charge in [0.1, 0.15) is 28.7 Å². The number of hydrogen-bond acceptors (Lipinski definition) is 10. The van der Waals surface area contributed by atoms with E-state index in [1.54, 1.807) is 36.4 Å². The number of methoxy groups -OCH3 is 1. The lowest BCUT2D eigenvalue weighted by Crippen LogP contribution is -2.52. The first kappa shape index (κ1) is 37.0. The summed E-state index contributed by atoms with van der Waals surface area (Å²) in [5.41, 5.74) is 0.424. The molecule has 3 N–H and O–H groups in total. The topological polar surface area (TPSA) is 160 Å². The maximum atomic E-state index is 14.6.